The zero-order valence-electron chi connectivity index (χ0n) is 15.8. The van der Waals surface area contributed by atoms with Gasteiger partial charge in [-0.15, -0.1) is 5.10 Å². The summed E-state index contributed by atoms with van der Waals surface area (Å²) in [6, 6.07) is 3.90. The number of hydrogen-bond donors (Lipinski definition) is 0. The van der Waals surface area contributed by atoms with Gasteiger partial charge in [-0.25, -0.2) is 0 Å². The van der Waals surface area contributed by atoms with Crippen molar-refractivity contribution in [3.63, 3.8) is 0 Å². The zero-order chi connectivity index (χ0) is 17.3. The van der Waals surface area contributed by atoms with Crippen LogP contribution in [0.1, 0.15) is 43.4 Å². The molecule has 142 valence electrons. The van der Waals surface area contributed by atoms with E-state index in [0.29, 0.717) is 0 Å². The molecular formula is C20H31N5S. The molecule has 5 rings (SSSR count). The van der Waals surface area contributed by atoms with Crippen LogP contribution in [-0.2, 0) is 12.2 Å². The van der Waals surface area contributed by atoms with Gasteiger partial charge in [-0.2, -0.15) is 16.9 Å². The number of aryl methyl sites for hydroxylation is 1. The first-order chi connectivity index (χ1) is 12.9. The standard InChI is InChI=1S/C20H31N5S/c1-2-4-17(5-3-1)23-7-9-24(10-8-23)18-13-25(14-18)20-12-16-15-26-11-6-19(16)21-22-20/h12,17-18H,1-11,13-15H2. The Kier molecular flexibility index (Phi) is 5.07. The molecule has 0 radical (unpaired) electrons. The second kappa shape index (κ2) is 7.64. The smallest absolute Gasteiger partial charge is 0.151 e. The predicted octanol–water partition coefficient (Wildman–Crippen LogP) is 2.40. The summed E-state index contributed by atoms with van der Waals surface area (Å²) in [6.07, 6.45) is 8.31. The highest BCUT2D eigenvalue weighted by molar-refractivity contribution is 7.98. The lowest BCUT2D eigenvalue weighted by Gasteiger charge is -2.49. The highest BCUT2D eigenvalue weighted by Crippen LogP contribution is 2.29. The summed E-state index contributed by atoms with van der Waals surface area (Å²) in [4.78, 5) is 7.92. The molecule has 4 aliphatic rings. The van der Waals surface area contributed by atoms with Crippen molar-refractivity contribution in [2.24, 2.45) is 0 Å². The number of rotatable bonds is 3. The number of fused-ring (bicyclic) bond motifs is 1. The van der Waals surface area contributed by atoms with Crippen LogP contribution in [0.3, 0.4) is 0 Å². The summed E-state index contributed by atoms with van der Waals surface area (Å²) >= 11 is 2.02. The van der Waals surface area contributed by atoms with Crippen molar-refractivity contribution in [1.29, 1.82) is 0 Å². The first kappa shape index (κ1) is 17.3. The van der Waals surface area contributed by atoms with Crippen molar-refractivity contribution >= 4 is 17.6 Å². The van der Waals surface area contributed by atoms with Crippen molar-refractivity contribution < 1.29 is 0 Å². The fourth-order valence-corrected chi connectivity index (χ4v) is 6.02. The van der Waals surface area contributed by atoms with E-state index < -0.39 is 0 Å². The Morgan fingerprint density at radius 2 is 1.62 bits per heavy atom. The first-order valence-electron chi connectivity index (χ1n) is 10.5. The molecule has 26 heavy (non-hydrogen) atoms. The lowest BCUT2D eigenvalue weighted by molar-refractivity contribution is 0.0486. The van der Waals surface area contributed by atoms with Gasteiger partial charge < -0.3 is 4.90 Å². The van der Waals surface area contributed by atoms with Crippen LogP contribution in [0.5, 0.6) is 0 Å². The second-order valence-electron chi connectivity index (χ2n) is 8.40. The van der Waals surface area contributed by atoms with Gasteiger partial charge in [-0.1, -0.05) is 19.3 Å². The maximum Gasteiger partial charge on any atom is 0.151 e. The van der Waals surface area contributed by atoms with Gasteiger partial charge in [0.05, 0.1) is 5.69 Å². The van der Waals surface area contributed by atoms with Crippen molar-refractivity contribution in [2.45, 2.75) is 56.4 Å². The maximum atomic E-state index is 4.51. The summed E-state index contributed by atoms with van der Waals surface area (Å²) in [5.41, 5.74) is 2.64. The van der Waals surface area contributed by atoms with Gasteiger partial charge in [0.25, 0.3) is 0 Å². The van der Waals surface area contributed by atoms with E-state index in [-0.39, 0.29) is 0 Å². The summed E-state index contributed by atoms with van der Waals surface area (Å²) in [5.74, 6) is 3.40. The summed E-state index contributed by atoms with van der Waals surface area (Å²) < 4.78 is 0. The molecule has 0 N–H and O–H groups in total. The van der Waals surface area contributed by atoms with Crippen LogP contribution in [0.15, 0.2) is 6.07 Å². The normalized spacial score (nSPS) is 26.5. The van der Waals surface area contributed by atoms with Crippen LogP contribution < -0.4 is 4.90 Å². The van der Waals surface area contributed by atoms with E-state index in [9.17, 15) is 0 Å². The van der Waals surface area contributed by atoms with Crippen molar-refractivity contribution in [3.8, 4) is 0 Å². The molecule has 1 aromatic heterocycles. The Morgan fingerprint density at radius 3 is 2.38 bits per heavy atom. The molecule has 1 saturated carbocycles. The molecule has 1 aliphatic carbocycles. The fraction of sp³-hybridized carbons (Fsp3) is 0.800. The van der Waals surface area contributed by atoms with Crippen molar-refractivity contribution in [1.82, 2.24) is 20.0 Å². The lowest BCUT2D eigenvalue weighted by Crippen LogP contribution is -2.64. The number of aromatic nitrogens is 2. The van der Waals surface area contributed by atoms with Gasteiger partial charge in [0, 0.05) is 63.5 Å². The molecule has 0 unspecified atom stereocenters. The van der Waals surface area contributed by atoms with Crippen LogP contribution in [0.2, 0.25) is 0 Å². The van der Waals surface area contributed by atoms with E-state index >= 15 is 0 Å². The number of hydrogen-bond acceptors (Lipinski definition) is 6. The van der Waals surface area contributed by atoms with Crippen molar-refractivity contribution in [3.05, 3.63) is 17.3 Å². The van der Waals surface area contributed by atoms with Gasteiger partial charge >= 0.3 is 0 Å². The summed E-state index contributed by atoms with van der Waals surface area (Å²) in [7, 11) is 0. The minimum absolute atomic E-state index is 0.718. The maximum absolute atomic E-state index is 4.51. The first-order valence-corrected chi connectivity index (χ1v) is 11.7. The van der Waals surface area contributed by atoms with Crippen LogP contribution in [0.4, 0.5) is 5.82 Å². The number of anilines is 1. The van der Waals surface area contributed by atoms with Gasteiger partial charge in [0.2, 0.25) is 0 Å². The van der Waals surface area contributed by atoms with Gasteiger partial charge in [0.15, 0.2) is 5.82 Å². The molecule has 3 aliphatic heterocycles. The minimum atomic E-state index is 0.718. The van der Waals surface area contributed by atoms with Crippen LogP contribution in [0, 0.1) is 0 Å². The van der Waals surface area contributed by atoms with Gasteiger partial charge in [-0.3, -0.25) is 9.80 Å². The van der Waals surface area contributed by atoms with Gasteiger partial charge in [0.1, 0.15) is 0 Å². The van der Waals surface area contributed by atoms with Crippen LogP contribution in [-0.4, -0.2) is 77.1 Å². The topological polar surface area (TPSA) is 35.5 Å². The zero-order valence-corrected chi connectivity index (χ0v) is 16.6. The van der Waals surface area contributed by atoms with E-state index in [1.165, 1.54) is 75.3 Å². The largest absolute Gasteiger partial charge is 0.352 e. The fourth-order valence-electron chi connectivity index (χ4n) is 5.07. The Balaban J connectivity index is 1.12. The average Bonchev–Trinajstić information content (AvgIpc) is 2.68. The predicted molar refractivity (Wildman–Crippen MR) is 108 cm³/mol. The molecule has 0 bridgehead atoms. The third kappa shape index (κ3) is 3.48. The Morgan fingerprint density at radius 1 is 0.885 bits per heavy atom. The molecule has 3 fully saturated rings. The molecule has 2 saturated heterocycles. The third-order valence-corrected chi connectivity index (χ3v) is 7.84. The van der Waals surface area contributed by atoms with E-state index in [4.69, 9.17) is 0 Å². The molecular weight excluding hydrogens is 342 g/mol. The van der Waals surface area contributed by atoms with E-state index in [1.54, 1.807) is 0 Å². The minimum Gasteiger partial charge on any atom is -0.352 e. The highest BCUT2D eigenvalue weighted by Gasteiger charge is 2.35. The molecule has 0 atom stereocenters. The Bertz CT molecular complexity index is 619. The lowest BCUT2D eigenvalue weighted by atomic mass is 9.93. The molecule has 0 aromatic carbocycles. The average molecular weight is 374 g/mol. The van der Waals surface area contributed by atoms with Crippen LogP contribution >= 0.6 is 11.8 Å². The van der Waals surface area contributed by atoms with Crippen LogP contribution in [0.25, 0.3) is 0 Å². The molecule has 6 heteroatoms. The highest BCUT2D eigenvalue weighted by atomic mass is 32.2. The second-order valence-corrected chi connectivity index (χ2v) is 9.50. The quantitative estimate of drug-likeness (QED) is 0.810. The number of nitrogens with zero attached hydrogens (tertiary/aromatic N) is 5. The van der Waals surface area contributed by atoms with E-state index in [1.807, 2.05) is 11.8 Å². The molecule has 4 heterocycles. The molecule has 5 nitrogen and oxygen atoms in total. The SMILES string of the molecule is c1c(N2CC(N3CCN(C4CCCCC4)CC3)C2)nnc2c1CSCC2. The monoisotopic (exact) mass is 373 g/mol. The summed E-state index contributed by atoms with van der Waals surface area (Å²) in [6.45, 7) is 7.31. The Labute approximate surface area is 161 Å². The molecule has 1 aromatic rings. The van der Waals surface area contributed by atoms with Gasteiger partial charge in [-0.05, 0) is 30.2 Å². The molecule has 0 amide bonds. The third-order valence-electron chi connectivity index (χ3n) is 6.83. The van der Waals surface area contributed by atoms with Crippen molar-refractivity contribution in [2.75, 3.05) is 49.9 Å². The number of thioether (sulfide) groups is 1. The summed E-state index contributed by atoms with van der Waals surface area (Å²) in [5, 5.41) is 9.00. The number of piperazine rings is 1. The van der Waals surface area contributed by atoms with E-state index in [2.05, 4.69) is 31.0 Å². The Hall–Kier alpha value is -0.850. The molecule has 0 spiro atoms. The van der Waals surface area contributed by atoms with E-state index in [0.717, 1.165) is 43.2 Å².